The number of hydrogen-bond donors (Lipinski definition) is 0. The van der Waals surface area contributed by atoms with Gasteiger partial charge in [-0.25, -0.2) is 9.36 Å². The van der Waals surface area contributed by atoms with E-state index in [1.165, 1.54) is 4.57 Å². The lowest BCUT2D eigenvalue weighted by Gasteiger charge is -2.22. The summed E-state index contributed by atoms with van der Waals surface area (Å²) in [7, 11) is 0. The summed E-state index contributed by atoms with van der Waals surface area (Å²) >= 11 is 0. The highest BCUT2D eigenvalue weighted by Crippen LogP contribution is 2.27. The Bertz CT molecular complexity index is 724. The highest BCUT2D eigenvalue weighted by atomic mass is 16.6. The zero-order valence-electron chi connectivity index (χ0n) is 14.3. The molecule has 1 heterocycles. The molecule has 0 aliphatic heterocycles. The Morgan fingerprint density at radius 3 is 2.48 bits per heavy atom. The standard InChI is InChI=1S/C18H23NO4/c1-6-22-16(20)12(2)15-11-13-9-7-8-10-14(13)19(15)17(21)23-18(3,4)5/h7-12H,6H2,1-5H3/t12-/m0/s1. The maximum Gasteiger partial charge on any atom is 0.419 e. The van der Waals surface area contributed by atoms with Gasteiger partial charge < -0.3 is 9.47 Å². The van der Waals surface area contributed by atoms with E-state index in [0.717, 1.165) is 5.39 Å². The van der Waals surface area contributed by atoms with Crippen molar-refractivity contribution in [3.8, 4) is 0 Å². The van der Waals surface area contributed by atoms with E-state index in [4.69, 9.17) is 9.47 Å². The van der Waals surface area contributed by atoms with Crippen molar-refractivity contribution in [3.05, 3.63) is 36.0 Å². The zero-order chi connectivity index (χ0) is 17.2. The number of para-hydroxylation sites is 1. The minimum Gasteiger partial charge on any atom is -0.465 e. The number of carbonyl (C=O) groups excluding carboxylic acids is 2. The van der Waals surface area contributed by atoms with Crippen LogP contribution in [0.15, 0.2) is 30.3 Å². The lowest BCUT2D eigenvalue weighted by Crippen LogP contribution is -2.29. The number of ether oxygens (including phenoxy) is 2. The minimum atomic E-state index is -0.618. The number of rotatable bonds is 3. The summed E-state index contributed by atoms with van der Waals surface area (Å²) in [5, 5.41) is 0.879. The molecule has 0 N–H and O–H groups in total. The lowest BCUT2D eigenvalue weighted by atomic mass is 10.1. The Hall–Kier alpha value is -2.30. The molecule has 0 radical (unpaired) electrons. The van der Waals surface area contributed by atoms with Crippen molar-refractivity contribution in [1.29, 1.82) is 0 Å². The van der Waals surface area contributed by atoms with E-state index in [2.05, 4.69) is 0 Å². The van der Waals surface area contributed by atoms with Crippen LogP contribution in [-0.4, -0.2) is 28.8 Å². The van der Waals surface area contributed by atoms with Crippen LogP contribution in [0.1, 0.15) is 46.2 Å². The van der Waals surface area contributed by atoms with E-state index in [9.17, 15) is 9.59 Å². The molecule has 2 rings (SSSR count). The van der Waals surface area contributed by atoms with Crippen LogP contribution in [0.2, 0.25) is 0 Å². The van der Waals surface area contributed by atoms with E-state index in [1.54, 1.807) is 13.8 Å². The summed E-state index contributed by atoms with van der Waals surface area (Å²) in [6.07, 6.45) is -0.496. The molecule has 0 saturated heterocycles. The Balaban J connectivity index is 2.53. The summed E-state index contributed by atoms with van der Waals surface area (Å²) < 4.78 is 12.0. The zero-order valence-corrected chi connectivity index (χ0v) is 14.3. The van der Waals surface area contributed by atoms with Crippen LogP contribution >= 0.6 is 0 Å². The first kappa shape index (κ1) is 17.1. The molecule has 1 atom stereocenters. The molecular weight excluding hydrogens is 294 g/mol. The van der Waals surface area contributed by atoms with Gasteiger partial charge in [0.15, 0.2) is 0 Å². The van der Waals surface area contributed by atoms with E-state index >= 15 is 0 Å². The van der Waals surface area contributed by atoms with Gasteiger partial charge in [0.2, 0.25) is 0 Å². The first-order chi connectivity index (χ1) is 10.7. The molecule has 0 saturated carbocycles. The summed E-state index contributed by atoms with van der Waals surface area (Å²) in [4.78, 5) is 24.7. The maximum atomic E-state index is 12.6. The van der Waals surface area contributed by atoms with Crippen molar-refractivity contribution >= 4 is 23.0 Å². The van der Waals surface area contributed by atoms with Crippen LogP contribution in [0, 0.1) is 0 Å². The molecule has 0 bridgehead atoms. The van der Waals surface area contributed by atoms with Gasteiger partial charge in [0.05, 0.1) is 18.0 Å². The monoisotopic (exact) mass is 317 g/mol. The second-order valence-electron chi connectivity index (χ2n) is 6.42. The Morgan fingerprint density at radius 1 is 1.22 bits per heavy atom. The Morgan fingerprint density at radius 2 is 1.87 bits per heavy atom. The molecule has 5 nitrogen and oxygen atoms in total. The maximum absolute atomic E-state index is 12.6. The molecular formula is C18H23NO4. The van der Waals surface area contributed by atoms with Gasteiger partial charge in [0.25, 0.3) is 0 Å². The molecule has 23 heavy (non-hydrogen) atoms. The van der Waals surface area contributed by atoms with Crippen molar-refractivity contribution in [2.45, 2.75) is 46.1 Å². The smallest absolute Gasteiger partial charge is 0.419 e. The molecule has 5 heteroatoms. The third kappa shape index (κ3) is 3.73. The molecule has 2 aromatic rings. The van der Waals surface area contributed by atoms with Crippen LogP contribution in [0.5, 0.6) is 0 Å². The number of benzene rings is 1. The largest absolute Gasteiger partial charge is 0.465 e. The predicted octanol–water partition coefficient (Wildman–Crippen LogP) is 4.09. The lowest BCUT2D eigenvalue weighted by molar-refractivity contribution is -0.144. The van der Waals surface area contributed by atoms with Crippen LogP contribution in [0.25, 0.3) is 10.9 Å². The fraction of sp³-hybridized carbons (Fsp3) is 0.444. The Labute approximate surface area is 136 Å². The number of hydrogen-bond acceptors (Lipinski definition) is 4. The predicted molar refractivity (Wildman–Crippen MR) is 88.6 cm³/mol. The van der Waals surface area contributed by atoms with Crippen molar-refractivity contribution in [2.75, 3.05) is 6.61 Å². The van der Waals surface area contributed by atoms with Crippen LogP contribution in [-0.2, 0) is 14.3 Å². The van der Waals surface area contributed by atoms with E-state index in [1.807, 2.05) is 51.1 Å². The van der Waals surface area contributed by atoms with Crippen molar-refractivity contribution in [1.82, 2.24) is 4.57 Å². The minimum absolute atomic E-state index is 0.301. The second-order valence-corrected chi connectivity index (χ2v) is 6.42. The van der Waals surface area contributed by atoms with Gasteiger partial charge in [0, 0.05) is 11.1 Å². The molecule has 0 aliphatic rings. The van der Waals surface area contributed by atoms with Gasteiger partial charge in [-0.3, -0.25) is 4.79 Å². The fourth-order valence-corrected chi connectivity index (χ4v) is 2.39. The van der Waals surface area contributed by atoms with E-state index in [0.29, 0.717) is 17.8 Å². The number of aromatic nitrogens is 1. The van der Waals surface area contributed by atoms with E-state index < -0.39 is 17.6 Å². The average Bonchev–Trinajstić information content (AvgIpc) is 2.84. The molecule has 0 spiro atoms. The van der Waals surface area contributed by atoms with Crippen LogP contribution < -0.4 is 0 Å². The molecule has 1 aromatic heterocycles. The molecule has 0 aliphatic carbocycles. The average molecular weight is 317 g/mol. The SMILES string of the molecule is CCOC(=O)[C@@H](C)c1cc2ccccc2n1C(=O)OC(C)(C)C. The van der Waals surface area contributed by atoms with Crippen molar-refractivity contribution in [2.24, 2.45) is 0 Å². The number of nitrogens with zero attached hydrogens (tertiary/aromatic N) is 1. The highest BCUT2D eigenvalue weighted by Gasteiger charge is 2.27. The van der Waals surface area contributed by atoms with Crippen molar-refractivity contribution in [3.63, 3.8) is 0 Å². The highest BCUT2D eigenvalue weighted by molar-refractivity contribution is 5.93. The summed E-state index contributed by atoms with van der Waals surface area (Å²) in [6.45, 7) is 9.22. The van der Waals surface area contributed by atoms with Gasteiger partial charge >= 0.3 is 12.1 Å². The normalized spacial score (nSPS) is 12.9. The molecule has 124 valence electrons. The first-order valence-corrected chi connectivity index (χ1v) is 7.75. The number of carbonyl (C=O) groups is 2. The van der Waals surface area contributed by atoms with Gasteiger partial charge in [-0.15, -0.1) is 0 Å². The molecule has 1 aromatic carbocycles. The summed E-state index contributed by atoms with van der Waals surface area (Å²) in [5.74, 6) is -0.921. The third-order valence-corrected chi connectivity index (χ3v) is 3.40. The number of esters is 1. The summed E-state index contributed by atoms with van der Waals surface area (Å²) in [6, 6.07) is 9.31. The van der Waals surface area contributed by atoms with Crippen LogP contribution in [0.4, 0.5) is 4.79 Å². The third-order valence-electron chi connectivity index (χ3n) is 3.40. The fourth-order valence-electron chi connectivity index (χ4n) is 2.39. The molecule has 0 amide bonds. The Kier molecular flexibility index (Phi) is 4.78. The number of fused-ring (bicyclic) bond motifs is 1. The topological polar surface area (TPSA) is 57.5 Å². The van der Waals surface area contributed by atoms with Gasteiger partial charge in [-0.05, 0) is 46.8 Å². The first-order valence-electron chi connectivity index (χ1n) is 7.75. The van der Waals surface area contributed by atoms with Gasteiger partial charge in [-0.2, -0.15) is 0 Å². The molecule has 0 unspecified atom stereocenters. The van der Waals surface area contributed by atoms with E-state index in [-0.39, 0.29) is 5.97 Å². The second kappa shape index (κ2) is 6.44. The van der Waals surface area contributed by atoms with Crippen molar-refractivity contribution < 1.29 is 19.1 Å². The van der Waals surface area contributed by atoms with Gasteiger partial charge in [0.1, 0.15) is 5.60 Å². The molecule has 0 fully saturated rings. The quantitative estimate of drug-likeness (QED) is 0.800. The van der Waals surface area contributed by atoms with Gasteiger partial charge in [-0.1, -0.05) is 18.2 Å². The summed E-state index contributed by atoms with van der Waals surface area (Å²) in [5.41, 5.74) is 0.666. The van der Waals surface area contributed by atoms with Crippen LogP contribution in [0.3, 0.4) is 0 Å².